The van der Waals surface area contributed by atoms with E-state index in [2.05, 4.69) is 17.6 Å². The molecule has 2 rings (SSSR count). The molecule has 5 heteroatoms. The maximum Gasteiger partial charge on any atom is 0.191 e. The van der Waals surface area contributed by atoms with Crippen molar-refractivity contribution in [2.75, 3.05) is 26.3 Å². The van der Waals surface area contributed by atoms with E-state index in [0.717, 1.165) is 44.2 Å². The number of nitrogens with one attached hydrogen (secondary N) is 2. The van der Waals surface area contributed by atoms with Crippen molar-refractivity contribution in [1.82, 2.24) is 10.6 Å². The number of aliphatic imine (C=N–C) groups is 1. The largest absolute Gasteiger partial charge is 0.382 e. The number of hydrogen-bond acceptors (Lipinski definition) is 2. The Balaban J connectivity index is 1.96. The molecule has 0 spiro atoms. The summed E-state index contributed by atoms with van der Waals surface area (Å²) in [6.07, 6.45) is 3.52. The Morgan fingerprint density at radius 3 is 2.72 bits per heavy atom. The number of hydrogen-bond donors (Lipinski definition) is 2. The number of benzene rings is 1. The minimum Gasteiger partial charge on any atom is -0.382 e. The van der Waals surface area contributed by atoms with Gasteiger partial charge in [0.05, 0.1) is 6.04 Å². The molecule has 2 N–H and O–H groups in total. The topological polar surface area (TPSA) is 45.7 Å². The summed E-state index contributed by atoms with van der Waals surface area (Å²) in [5.41, 5.74) is 1.91. The van der Waals surface area contributed by atoms with E-state index in [4.69, 9.17) is 9.73 Å². The van der Waals surface area contributed by atoms with Gasteiger partial charge in [-0.2, -0.15) is 0 Å². The maximum atomic E-state index is 13.8. The average molecular weight is 349 g/mol. The van der Waals surface area contributed by atoms with E-state index >= 15 is 0 Å². The Labute approximate surface area is 151 Å². The lowest BCUT2D eigenvalue weighted by atomic mass is 10.0. The Morgan fingerprint density at radius 2 is 2.12 bits per heavy atom. The van der Waals surface area contributed by atoms with Gasteiger partial charge < -0.3 is 15.4 Å². The Morgan fingerprint density at radius 1 is 1.36 bits per heavy atom. The molecule has 4 nitrogen and oxygen atoms in total. The van der Waals surface area contributed by atoms with Crippen LogP contribution in [-0.2, 0) is 4.74 Å². The molecule has 25 heavy (non-hydrogen) atoms. The first-order valence-electron chi connectivity index (χ1n) is 9.38. The minimum atomic E-state index is -0.166. The van der Waals surface area contributed by atoms with Crippen molar-refractivity contribution >= 4 is 5.96 Å². The summed E-state index contributed by atoms with van der Waals surface area (Å²) in [5, 5.41) is 6.68. The van der Waals surface area contributed by atoms with Gasteiger partial charge in [0.1, 0.15) is 5.82 Å². The van der Waals surface area contributed by atoms with Gasteiger partial charge >= 0.3 is 0 Å². The van der Waals surface area contributed by atoms with E-state index in [1.165, 1.54) is 12.8 Å². The van der Waals surface area contributed by atoms with Crippen molar-refractivity contribution < 1.29 is 9.13 Å². The molecule has 0 saturated heterocycles. The van der Waals surface area contributed by atoms with Crippen LogP contribution >= 0.6 is 0 Å². The van der Waals surface area contributed by atoms with Crippen LogP contribution in [0.2, 0.25) is 0 Å². The van der Waals surface area contributed by atoms with Crippen LogP contribution in [0.5, 0.6) is 0 Å². The summed E-state index contributed by atoms with van der Waals surface area (Å²) in [6, 6.07) is 5.37. The molecular weight excluding hydrogens is 317 g/mol. The van der Waals surface area contributed by atoms with E-state index in [1.54, 1.807) is 13.0 Å². The highest BCUT2D eigenvalue weighted by Crippen LogP contribution is 2.49. The van der Waals surface area contributed by atoms with Crippen LogP contribution in [-0.4, -0.2) is 32.3 Å². The standard InChI is InChI=1S/C20H32FN3O/c1-5-22-19(23-14-20(9-10-20)11-12-25-6-2)24-16(4)17-8-7-15(3)18(21)13-17/h7-8,13,16H,5-6,9-12,14H2,1-4H3,(H2,22,23,24). The fourth-order valence-electron chi connectivity index (χ4n) is 2.83. The summed E-state index contributed by atoms with van der Waals surface area (Å²) < 4.78 is 19.3. The molecule has 1 aromatic carbocycles. The molecule has 1 atom stereocenters. The van der Waals surface area contributed by atoms with E-state index in [1.807, 2.05) is 26.0 Å². The lowest BCUT2D eigenvalue weighted by Gasteiger charge is -2.20. The first-order valence-corrected chi connectivity index (χ1v) is 9.38. The molecule has 1 aliphatic carbocycles. The number of guanidine groups is 1. The van der Waals surface area contributed by atoms with Crippen LogP contribution in [0.3, 0.4) is 0 Å². The Hall–Kier alpha value is -1.62. The van der Waals surface area contributed by atoms with Gasteiger partial charge in [-0.3, -0.25) is 4.99 Å². The fraction of sp³-hybridized carbons (Fsp3) is 0.650. The van der Waals surface area contributed by atoms with Gasteiger partial charge in [0, 0.05) is 26.3 Å². The highest BCUT2D eigenvalue weighted by molar-refractivity contribution is 5.80. The summed E-state index contributed by atoms with van der Waals surface area (Å²) >= 11 is 0. The summed E-state index contributed by atoms with van der Waals surface area (Å²) in [4.78, 5) is 4.78. The van der Waals surface area contributed by atoms with Gasteiger partial charge in [-0.15, -0.1) is 0 Å². The van der Waals surface area contributed by atoms with E-state index in [-0.39, 0.29) is 11.9 Å². The fourth-order valence-corrected chi connectivity index (χ4v) is 2.83. The van der Waals surface area contributed by atoms with Crippen molar-refractivity contribution in [3.05, 3.63) is 35.1 Å². The molecule has 0 aromatic heterocycles. The van der Waals surface area contributed by atoms with Gasteiger partial charge in [0.25, 0.3) is 0 Å². The van der Waals surface area contributed by atoms with E-state index < -0.39 is 0 Å². The normalized spacial score (nSPS) is 17.2. The van der Waals surface area contributed by atoms with Crippen LogP contribution < -0.4 is 10.6 Å². The Bertz CT molecular complexity index is 584. The quantitative estimate of drug-likeness (QED) is 0.403. The molecule has 1 unspecified atom stereocenters. The predicted molar refractivity (Wildman–Crippen MR) is 101 cm³/mol. The summed E-state index contributed by atoms with van der Waals surface area (Å²) in [6.45, 7) is 11.1. The first kappa shape index (κ1) is 19.7. The van der Waals surface area contributed by atoms with Gasteiger partial charge in [0.15, 0.2) is 5.96 Å². The van der Waals surface area contributed by atoms with E-state index in [9.17, 15) is 4.39 Å². The molecule has 1 fully saturated rings. The van der Waals surface area contributed by atoms with Crippen LogP contribution in [0.4, 0.5) is 4.39 Å². The van der Waals surface area contributed by atoms with Crippen LogP contribution in [0.15, 0.2) is 23.2 Å². The first-order chi connectivity index (χ1) is 12.0. The van der Waals surface area contributed by atoms with Gasteiger partial charge in [0.2, 0.25) is 0 Å². The predicted octanol–water partition coefficient (Wildman–Crippen LogP) is 3.96. The molecule has 1 saturated carbocycles. The SMILES string of the molecule is CCNC(=NCC1(CCOCC)CC1)NC(C)c1ccc(C)c(F)c1. The Kier molecular flexibility index (Phi) is 7.24. The second-order valence-corrected chi connectivity index (χ2v) is 7.02. The second-order valence-electron chi connectivity index (χ2n) is 7.02. The van der Waals surface area contributed by atoms with Crippen molar-refractivity contribution in [3.8, 4) is 0 Å². The average Bonchev–Trinajstić information content (AvgIpc) is 3.36. The van der Waals surface area contributed by atoms with Crippen LogP contribution in [0.1, 0.15) is 57.2 Å². The highest BCUT2D eigenvalue weighted by Gasteiger charge is 2.41. The third kappa shape index (κ3) is 5.99. The van der Waals surface area contributed by atoms with Gasteiger partial charge in [-0.25, -0.2) is 4.39 Å². The molecule has 0 radical (unpaired) electrons. The molecule has 0 aliphatic heterocycles. The van der Waals surface area contributed by atoms with Crippen LogP contribution in [0.25, 0.3) is 0 Å². The summed E-state index contributed by atoms with van der Waals surface area (Å²) in [7, 11) is 0. The third-order valence-electron chi connectivity index (χ3n) is 4.90. The third-order valence-corrected chi connectivity index (χ3v) is 4.90. The number of nitrogens with zero attached hydrogens (tertiary/aromatic N) is 1. The van der Waals surface area contributed by atoms with Gasteiger partial charge in [-0.1, -0.05) is 12.1 Å². The van der Waals surface area contributed by atoms with Gasteiger partial charge in [-0.05, 0) is 69.6 Å². The maximum absolute atomic E-state index is 13.8. The smallest absolute Gasteiger partial charge is 0.191 e. The van der Waals surface area contributed by atoms with Crippen LogP contribution in [0, 0.1) is 18.2 Å². The second kappa shape index (κ2) is 9.18. The monoisotopic (exact) mass is 349 g/mol. The molecular formula is C20H32FN3O. The molecule has 140 valence electrons. The lowest BCUT2D eigenvalue weighted by molar-refractivity contribution is 0.129. The molecule has 1 aliphatic rings. The highest BCUT2D eigenvalue weighted by atomic mass is 19.1. The number of aryl methyl sites for hydroxylation is 1. The molecule has 0 heterocycles. The van der Waals surface area contributed by atoms with Crippen molar-refractivity contribution in [2.24, 2.45) is 10.4 Å². The minimum absolute atomic E-state index is 0.00789. The number of rotatable bonds is 9. The molecule has 0 amide bonds. The zero-order valence-electron chi connectivity index (χ0n) is 16.0. The zero-order valence-corrected chi connectivity index (χ0v) is 16.0. The molecule has 0 bridgehead atoms. The summed E-state index contributed by atoms with van der Waals surface area (Å²) in [5.74, 6) is 0.625. The van der Waals surface area contributed by atoms with Crippen molar-refractivity contribution in [3.63, 3.8) is 0 Å². The van der Waals surface area contributed by atoms with Crippen molar-refractivity contribution in [1.29, 1.82) is 0 Å². The number of ether oxygens (including phenoxy) is 1. The lowest BCUT2D eigenvalue weighted by Crippen LogP contribution is -2.39. The van der Waals surface area contributed by atoms with Crippen molar-refractivity contribution in [2.45, 2.75) is 53.0 Å². The number of halogens is 1. The zero-order chi connectivity index (χ0) is 18.3. The molecule has 1 aromatic rings. The van der Waals surface area contributed by atoms with E-state index in [0.29, 0.717) is 11.0 Å².